The Kier molecular flexibility index (Phi) is 15.7. The molecule has 0 fully saturated rings. The summed E-state index contributed by atoms with van der Waals surface area (Å²) in [5.74, 6) is 0.255. The van der Waals surface area contributed by atoms with Gasteiger partial charge in [0.1, 0.15) is 5.78 Å². The third-order valence-electron chi connectivity index (χ3n) is 1.70. The normalized spacial score (nSPS) is 8.67. The van der Waals surface area contributed by atoms with E-state index in [2.05, 4.69) is 13.8 Å². The minimum Gasteiger partial charge on any atom is -0.300 e. The molecule has 0 aliphatic carbocycles. The molecule has 1 nitrogen and oxygen atoms in total. The molecule has 0 N–H and O–H groups in total. The van der Waals surface area contributed by atoms with E-state index in [1.165, 1.54) is 32.1 Å². The maximum Gasteiger partial charge on any atom is 0.129 e. The molecular weight excluding hydrogens is 148 g/mol. The van der Waals surface area contributed by atoms with Crippen molar-refractivity contribution in [3.63, 3.8) is 0 Å². The maximum atomic E-state index is 9.81. The summed E-state index contributed by atoms with van der Waals surface area (Å²) in [4.78, 5) is 9.81. The molecule has 0 spiro atoms. The van der Waals surface area contributed by atoms with Gasteiger partial charge in [-0.05, 0) is 6.92 Å². The van der Waals surface area contributed by atoms with Gasteiger partial charge in [0.05, 0.1) is 0 Å². The highest BCUT2D eigenvalue weighted by Gasteiger charge is 1.80. The van der Waals surface area contributed by atoms with Gasteiger partial charge < -0.3 is 4.79 Å². The Labute approximate surface area is 77.6 Å². The van der Waals surface area contributed by atoms with Crippen molar-refractivity contribution < 1.29 is 4.79 Å². The zero-order valence-corrected chi connectivity index (χ0v) is 9.15. The van der Waals surface area contributed by atoms with Crippen molar-refractivity contribution >= 4 is 5.78 Å². The van der Waals surface area contributed by atoms with Gasteiger partial charge in [-0.3, -0.25) is 0 Å². The highest BCUT2D eigenvalue weighted by molar-refractivity contribution is 5.74. The Hall–Kier alpha value is -0.330. The predicted octanol–water partition coefficient (Wildman–Crippen LogP) is 3.96. The van der Waals surface area contributed by atoms with Gasteiger partial charge in [0, 0.05) is 6.42 Å². The van der Waals surface area contributed by atoms with Gasteiger partial charge in [-0.1, -0.05) is 52.9 Å². The van der Waals surface area contributed by atoms with Crippen molar-refractivity contribution in [3.8, 4) is 0 Å². The van der Waals surface area contributed by atoms with Gasteiger partial charge in [0.25, 0.3) is 0 Å². The largest absolute Gasteiger partial charge is 0.300 e. The van der Waals surface area contributed by atoms with E-state index >= 15 is 0 Å². The Balaban J connectivity index is 0. The Bertz CT molecular complexity index is 83.0. The summed E-state index contributed by atoms with van der Waals surface area (Å²) in [6.07, 6.45) is 7.68. The third-order valence-corrected chi connectivity index (χ3v) is 1.70. The van der Waals surface area contributed by atoms with Gasteiger partial charge in [0.2, 0.25) is 0 Å². The van der Waals surface area contributed by atoms with Crippen LogP contribution in [0.2, 0.25) is 0 Å². The van der Waals surface area contributed by atoms with Crippen LogP contribution in [0.3, 0.4) is 0 Å². The number of ketones is 1. The number of carbonyl (C=O) groups excluding carboxylic acids is 1. The van der Waals surface area contributed by atoms with Crippen LogP contribution in [0.25, 0.3) is 0 Å². The second-order valence-corrected chi connectivity index (χ2v) is 3.12. The van der Waals surface area contributed by atoms with Crippen LogP contribution in [0.4, 0.5) is 0 Å². The van der Waals surface area contributed by atoms with E-state index in [0.29, 0.717) is 6.42 Å². The molecule has 74 valence electrons. The molecule has 0 bridgehead atoms. The fourth-order valence-corrected chi connectivity index (χ4v) is 0.677. The third kappa shape index (κ3) is 22.6. The van der Waals surface area contributed by atoms with Crippen LogP contribution in [-0.2, 0) is 4.79 Å². The van der Waals surface area contributed by atoms with Crippen molar-refractivity contribution in [1.29, 1.82) is 0 Å². The molecule has 0 rings (SSSR count). The minimum atomic E-state index is 0.255. The second-order valence-electron chi connectivity index (χ2n) is 3.12. The Morgan fingerprint density at radius 2 is 1.25 bits per heavy atom. The second kappa shape index (κ2) is 13.3. The summed E-state index contributed by atoms with van der Waals surface area (Å²) in [5, 5.41) is 0. The molecule has 0 amide bonds. The topological polar surface area (TPSA) is 17.1 Å². The maximum absolute atomic E-state index is 9.81. The molecule has 0 aliphatic heterocycles. The first-order valence-electron chi connectivity index (χ1n) is 5.18. The summed E-state index contributed by atoms with van der Waals surface area (Å²) in [7, 11) is 0. The molecule has 0 saturated carbocycles. The van der Waals surface area contributed by atoms with E-state index in [0.717, 1.165) is 0 Å². The van der Waals surface area contributed by atoms with Crippen LogP contribution in [0, 0.1) is 0 Å². The fourth-order valence-electron chi connectivity index (χ4n) is 0.677. The van der Waals surface area contributed by atoms with Crippen molar-refractivity contribution in [2.75, 3.05) is 0 Å². The van der Waals surface area contributed by atoms with E-state index < -0.39 is 0 Å². The van der Waals surface area contributed by atoms with Crippen LogP contribution >= 0.6 is 0 Å². The number of hydrogen-bond acceptors (Lipinski definition) is 1. The van der Waals surface area contributed by atoms with Crippen LogP contribution in [0.15, 0.2) is 0 Å². The van der Waals surface area contributed by atoms with Crippen molar-refractivity contribution in [2.45, 2.75) is 66.2 Å². The van der Waals surface area contributed by atoms with E-state index in [1.54, 1.807) is 6.92 Å². The van der Waals surface area contributed by atoms with Crippen molar-refractivity contribution in [1.82, 2.24) is 0 Å². The van der Waals surface area contributed by atoms with Gasteiger partial charge in [0.15, 0.2) is 0 Å². The lowest BCUT2D eigenvalue weighted by atomic mass is 10.2. The average molecular weight is 172 g/mol. The molecule has 12 heavy (non-hydrogen) atoms. The first kappa shape index (κ1) is 14.2. The average Bonchev–Trinajstić information content (AvgIpc) is 2.07. The van der Waals surface area contributed by atoms with E-state index in [1.807, 2.05) is 6.92 Å². The summed E-state index contributed by atoms with van der Waals surface area (Å²) in [6.45, 7) is 7.92. The lowest BCUT2D eigenvalue weighted by molar-refractivity contribution is -0.116. The molecule has 0 unspecified atom stereocenters. The summed E-state index contributed by atoms with van der Waals surface area (Å²) in [5.41, 5.74) is 0. The molecule has 0 aromatic heterocycles. The van der Waals surface area contributed by atoms with E-state index in [4.69, 9.17) is 0 Å². The Morgan fingerprint density at radius 3 is 1.42 bits per heavy atom. The molecule has 0 aromatic rings. The minimum absolute atomic E-state index is 0.255. The van der Waals surface area contributed by atoms with Crippen LogP contribution < -0.4 is 0 Å². The molecule has 0 aromatic carbocycles. The zero-order valence-electron chi connectivity index (χ0n) is 9.15. The van der Waals surface area contributed by atoms with Crippen molar-refractivity contribution in [3.05, 3.63) is 0 Å². The Morgan fingerprint density at radius 1 is 0.917 bits per heavy atom. The monoisotopic (exact) mass is 172 g/mol. The molecule has 0 heterocycles. The molecule has 0 aliphatic rings. The number of hydrogen-bond donors (Lipinski definition) is 0. The molecule has 1 heteroatoms. The standard InChI is InChI=1S/C7H16.C4H8O/c1-3-5-7-6-4-2;1-3-4(2)5/h3-7H2,1-2H3;3H2,1-2H3. The first-order valence-corrected chi connectivity index (χ1v) is 5.18. The number of unbranched alkanes of at least 4 members (excludes halogenated alkanes) is 4. The summed E-state index contributed by atoms with van der Waals surface area (Å²) >= 11 is 0. The number of Topliss-reactive ketones (excluding diaryl/α,β-unsaturated/α-hetero) is 1. The van der Waals surface area contributed by atoms with Crippen LogP contribution in [0.5, 0.6) is 0 Å². The van der Waals surface area contributed by atoms with Crippen molar-refractivity contribution in [2.24, 2.45) is 0 Å². The quantitative estimate of drug-likeness (QED) is 0.574. The SMILES string of the molecule is CCC(C)=O.CCCCCCC. The van der Waals surface area contributed by atoms with Gasteiger partial charge in [-0.25, -0.2) is 0 Å². The van der Waals surface area contributed by atoms with Gasteiger partial charge in [-0.15, -0.1) is 0 Å². The number of rotatable bonds is 5. The predicted molar refractivity (Wildman–Crippen MR) is 55.4 cm³/mol. The smallest absolute Gasteiger partial charge is 0.129 e. The highest BCUT2D eigenvalue weighted by atomic mass is 16.1. The highest BCUT2D eigenvalue weighted by Crippen LogP contribution is 2.00. The van der Waals surface area contributed by atoms with Gasteiger partial charge in [-0.2, -0.15) is 0 Å². The summed E-state index contributed by atoms with van der Waals surface area (Å²) in [6, 6.07) is 0. The molecule has 0 saturated heterocycles. The molecular formula is C11H24O. The molecule has 0 atom stereocenters. The zero-order chi connectivity index (χ0) is 9.82. The van der Waals surface area contributed by atoms with Crippen LogP contribution in [-0.4, -0.2) is 5.78 Å². The van der Waals surface area contributed by atoms with E-state index in [9.17, 15) is 4.79 Å². The fraction of sp³-hybridized carbons (Fsp3) is 0.909. The lowest BCUT2D eigenvalue weighted by Gasteiger charge is -1.90. The van der Waals surface area contributed by atoms with Crippen LogP contribution in [0.1, 0.15) is 66.2 Å². The molecule has 0 radical (unpaired) electrons. The van der Waals surface area contributed by atoms with Gasteiger partial charge >= 0.3 is 0 Å². The van der Waals surface area contributed by atoms with E-state index in [-0.39, 0.29) is 5.78 Å². The summed E-state index contributed by atoms with van der Waals surface area (Å²) < 4.78 is 0. The lowest BCUT2D eigenvalue weighted by Crippen LogP contribution is -1.80. The first-order chi connectivity index (χ1) is 5.68. The number of carbonyl (C=O) groups is 1.